The van der Waals surface area contributed by atoms with E-state index in [0.29, 0.717) is 16.5 Å². The van der Waals surface area contributed by atoms with Gasteiger partial charge in [0.1, 0.15) is 12.2 Å². The number of hydrogen-bond acceptors (Lipinski definition) is 5. The van der Waals surface area contributed by atoms with Crippen molar-refractivity contribution in [3.8, 4) is 0 Å². The van der Waals surface area contributed by atoms with Gasteiger partial charge in [0, 0.05) is 23.2 Å². The number of esters is 1. The summed E-state index contributed by atoms with van der Waals surface area (Å²) in [7, 11) is 0. The van der Waals surface area contributed by atoms with Crippen LogP contribution in [-0.4, -0.2) is 11.0 Å². The molecule has 0 saturated heterocycles. The molecule has 2 heterocycles. The van der Waals surface area contributed by atoms with Crippen molar-refractivity contribution in [3.05, 3.63) is 72.8 Å². The molecule has 128 valence electrons. The van der Waals surface area contributed by atoms with Crippen molar-refractivity contribution in [3.63, 3.8) is 0 Å². The van der Waals surface area contributed by atoms with Gasteiger partial charge < -0.3 is 9.15 Å². The molecule has 2 aromatic heterocycles. The summed E-state index contributed by atoms with van der Waals surface area (Å²) in [5, 5.41) is 0.732. The minimum absolute atomic E-state index is 0.0200. The fraction of sp³-hybridized carbons (Fsp3) is 0.118. The van der Waals surface area contributed by atoms with Gasteiger partial charge in [0.05, 0.1) is 15.1 Å². The van der Waals surface area contributed by atoms with Crippen LogP contribution in [0, 0.1) is 6.92 Å². The van der Waals surface area contributed by atoms with Gasteiger partial charge in [-0.25, -0.2) is 14.6 Å². The Labute approximate surface area is 157 Å². The van der Waals surface area contributed by atoms with E-state index in [1.807, 2.05) is 13.0 Å². The second kappa shape index (κ2) is 7.04. The van der Waals surface area contributed by atoms with Crippen molar-refractivity contribution >= 4 is 51.7 Å². The molecule has 0 amide bonds. The number of benzene rings is 1. The molecule has 1 aromatic carbocycles. The van der Waals surface area contributed by atoms with Crippen molar-refractivity contribution in [2.24, 2.45) is 0 Å². The van der Waals surface area contributed by atoms with E-state index < -0.39 is 11.6 Å². The molecule has 0 aliphatic heterocycles. The fourth-order valence-corrected chi connectivity index (χ4v) is 2.81. The first-order valence-electron chi connectivity index (χ1n) is 7.07. The van der Waals surface area contributed by atoms with Crippen molar-refractivity contribution in [1.82, 2.24) is 4.98 Å². The molecule has 0 atom stereocenters. The summed E-state index contributed by atoms with van der Waals surface area (Å²) in [5.74, 6) is -0.780. The number of hydrogen-bond donors (Lipinski definition) is 0. The average molecular weight is 399 g/mol. The number of halogens is 3. The smallest absolute Gasteiger partial charge is 0.358 e. The Morgan fingerprint density at radius 2 is 1.96 bits per heavy atom. The highest BCUT2D eigenvalue weighted by Gasteiger charge is 2.19. The lowest BCUT2D eigenvalue weighted by Crippen LogP contribution is -2.10. The molecule has 0 N–H and O–H groups in total. The van der Waals surface area contributed by atoms with Crippen molar-refractivity contribution < 1.29 is 13.9 Å². The second-order valence-corrected chi connectivity index (χ2v) is 6.41. The number of rotatable bonds is 3. The minimum atomic E-state index is -0.780. The maximum atomic E-state index is 12.2. The fourth-order valence-electron chi connectivity index (χ4n) is 2.25. The molecular formula is C17H10Cl3NO4. The highest BCUT2D eigenvalue weighted by Crippen LogP contribution is 2.31. The number of carbonyl (C=O) groups is 1. The number of ether oxygens (including phenoxy) is 1. The third kappa shape index (κ3) is 3.63. The van der Waals surface area contributed by atoms with Gasteiger partial charge in [-0.1, -0.05) is 46.9 Å². The molecule has 0 aliphatic carbocycles. The molecule has 3 aromatic rings. The van der Waals surface area contributed by atoms with E-state index in [4.69, 9.17) is 44.0 Å². The van der Waals surface area contributed by atoms with E-state index in [-0.39, 0.29) is 27.4 Å². The van der Waals surface area contributed by atoms with E-state index >= 15 is 0 Å². The van der Waals surface area contributed by atoms with Crippen LogP contribution in [0.5, 0.6) is 0 Å². The lowest BCUT2D eigenvalue weighted by molar-refractivity contribution is 0.0467. The molecular weight excluding hydrogens is 389 g/mol. The molecule has 8 heteroatoms. The van der Waals surface area contributed by atoms with Crippen LogP contribution in [0.2, 0.25) is 15.1 Å². The monoisotopic (exact) mass is 397 g/mol. The molecule has 0 bridgehead atoms. The molecule has 0 saturated carbocycles. The van der Waals surface area contributed by atoms with Gasteiger partial charge in [0.25, 0.3) is 0 Å². The van der Waals surface area contributed by atoms with E-state index in [1.165, 1.54) is 12.3 Å². The Bertz CT molecular complexity index is 1050. The van der Waals surface area contributed by atoms with Crippen LogP contribution in [0.15, 0.2) is 39.7 Å². The van der Waals surface area contributed by atoms with Gasteiger partial charge in [-0.15, -0.1) is 0 Å². The molecule has 0 spiro atoms. The van der Waals surface area contributed by atoms with Gasteiger partial charge in [-0.2, -0.15) is 0 Å². The van der Waals surface area contributed by atoms with Gasteiger partial charge in [0.15, 0.2) is 5.69 Å². The van der Waals surface area contributed by atoms with Crippen molar-refractivity contribution in [2.75, 3.05) is 0 Å². The lowest BCUT2D eigenvalue weighted by Gasteiger charge is -2.09. The Morgan fingerprint density at radius 1 is 1.20 bits per heavy atom. The summed E-state index contributed by atoms with van der Waals surface area (Å²) in [4.78, 5) is 27.7. The normalized spacial score (nSPS) is 10.9. The highest BCUT2D eigenvalue weighted by molar-refractivity contribution is 6.48. The molecule has 0 radical (unpaired) electrons. The van der Waals surface area contributed by atoms with Crippen LogP contribution in [0.3, 0.4) is 0 Å². The van der Waals surface area contributed by atoms with E-state index in [1.54, 1.807) is 12.1 Å². The third-order valence-electron chi connectivity index (χ3n) is 3.46. The first kappa shape index (κ1) is 17.7. The van der Waals surface area contributed by atoms with Gasteiger partial charge in [0.2, 0.25) is 0 Å². The zero-order chi connectivity index (χ0) is 18.1. The summed E-state index contributed by atoms with van der Waals surface area (Å²) < 4.78 is 10.4. The van der Waals surface area contributed by atoms with Crippen LogP contribution in [0.1, 0.15) is 21.6 Å². The standard InChI is InChI=1S/C17H10Cl3NO4/c1-8-2-3-10-9(5-13(22)25-12(10)4-8)7-24-17(23)16-15(20)14(19)11(18)6-21-16/h2-6H,7H2,1H3. The minimum Gasteiger partial charge on any atom is -0.456 e. The quantitative estimate of drug-likeness (QED) is 0.467. The molecule has 5 nitrogen and oxygen atoms in total. The van der Waals surface area contributed by atoms with Gasteiger partial charge in [-0.05, 0) is 18.6 Å². The zero-order valence-corrected chi connectivity index (χ0v) is 15.1. The van der Waals surface area contributed by atoms with Crippen LogP contribution in [0.25, 0.3) is 11.0 Å². The topological polar surface area (TPSA) is 69.4 Å². The number of carbonyl (C=O) groups excluding carboxylic acids is 1. The maximum Gasteiger partial charge on any atom is 0.358 e. The predicted molar refractivity (Wildman–Crippen MR) is 95.6 cm³/mol. The zero-order valence-electron chi connectivity index (χ0n) is 12.8. The molecule has 25 heavy (non-hydrogen) atoms. The number of fused-ring (bicyclic) bond motifs is 1. The third-order valence-corrected chi connectivity index (χ3v) is 4.70. The number of aromatic nitrogens is 1. The summed E-state index contributed by atoms with van der Waals surface area (Å²) >= 11 is 17.6. The SMILES string of the molecule is Cc1ccc2c(COC(=O)c3ncc(Cl)c(Cl)c3Cl)cc(=O)oc2c1. The first-order chi connectivity index (χ1) is 11.9. The molecule has 0 fully saturated rings. The summed E-state index contributed by atoms with van der Waals surface area (Å²) in [6.07, 6.45) is 1.21. The van der Waals surface area contributed by atoms with E-state index in [9.17, 15) is 9.59 Å². The first-order valence-corrected chi connectivity index (χ1v) is 8.20. The van der Waals surface area contributed by atoms with E-state index in [0.717, 1.165) is 5.56 Å². The summed E-state index contributed by atoms with van der Waals surface area (Å²) in [6.45, 7) is 1.73. The largest absolute Gasteiger partial charge is 0.456 e. The van der Waals surface area contributed by atoms with Gasteiger partial charge in [-0.3, -0.25) is 0 Å². The molecule has 3 rings (SSSR count). The Hall–Kier alpha value is -2.08. The Balaban J connectivity index is 1.89. The van der Waals surface area contributed by atoms with Crippen LogP contribution < -0.4 is 5.63 Å². The maximum absolute atomic E-state index is 12.2. The number of pyridine rings is 1. The molecule has 0 aliphatic rings. The van der Waals surface area contributed by atoms with Gasteiger partial charge >= 0.3 is 11.6 Å². The second-order valence-electron chi connectivity index (χ2n) is 5.25. The lowest BCUT2D eigenvalue weighted by atomic mass is 10.1. The Morgan fingerprint density at radius 3 is 2.72 bits per heavy atom. The van der Waals surface area contributed by atoms with Crippen molar-refractivity contribution in [2.45, 2.75) is 13.5 Å². The summed E-state index contributed by atoms with van der Waals surface area (Å²) in [6, 6.07) is 6.67. The predicted octanol–water partition coefficient (Wildman–Crippen LogP) is 4.81. The number of nitrogens with zero attached hydrogens (tertiary/aromatic N) is 1. The van der Waals surface area contributed by atoms with E-state index in [2.05, 4.69) is 4.98 Å². The molecule has 0 unspecified atom stereocenters. The highest BCUT2D eigenvalue weighted by atomic mass is 35.5. The van der Waals surface area contributed by atoms with Crippen LogP contribution >= 0.6 is 34.8 Å². The van der Waals surface area contributed by atoms with Crippen molar-refractivity contribution in [1.29, 1.82) is 0 Å². The summed E-state index contributed by atoms with van der Waals surface area (Å²) in [5.41, 5.74) is 1.19. The average Bonchev–Trinajstić information content (AvgIpc) is 2.56. The Kier molecular flexibility index (Phi) is 4.99. The number of aryl methyl sites for hydroxylation is 1. The van der Waals surface area contributed by atoms with Crippen LogP contribution in [0.4, 0.5) is 0 Å². The van der Waals surface area contributed by atoms with Crippen LogP contribution in [-0.2, 0) is 11.3 Å².